The molecule has 7 nitrogen and oxygen atoms in total. The first-order valence-electron chi connectivity index (χ1n) is 12.3. The van der Waals surface area contributed by atoms with Crippen molar-refractivity contribution in [3.63, 3.8) is 0 Å². The van der Waals surface area contributed by atoms with Crippen LogP contribution >= 0.6 is 0 Å². The minimum atomic E-state index is -0.102. The second-order valence-corrected chi connectivity index (χ2v) is 9.90. The quantitative estimate of drug-likeness (QED) is 0.481. The first-order valence-corrected chi connectivity index (χ1v) is 12.3. The van der Waals surface area contributed by atoms with Crippen LogP contribution in [0.15, 0.2) is 18.2 Å². The number of aryl methyl sites for hydroxylation is 3. The van der Waals surface area contributed by atoms with Gasteiger partial charge in [-0.2, -0.15) is 0 Å². The van der Waals surface area contributed by atoms with Crippen LogP contribution in [0.2, 0.25) is 0 Å². The van der Waals surface area contributed by atoms with Crippen LogP contribution in [0.3, 0.4) is 0 Å². The fraction of sp³-hybridized carbons (Fsp3) is 0.615. The fourth-order valence-corrected chi connectivity index (χ4v) is 4.31. The Hall–Kier alpha value is -2.70. The zero-order chi connectivity index (χ0) is 24.0. The summed E-state index contributed by atoms with van der Waals surface area (Å²) < 4.78 is 2.29. The lowest BCUT2D eigenvalue weighted by atomic mass is 9.99. The summed E-state index contributed by atoms with van der Waals surface area (Å²) in [5.41, 5.74) is 3.05. The molecular weight excluding hydrogens is 414 g/mol. The second kappa shape index (κ2) is 11.4. The molecule has 1 fully saturated rings. The molecule has 33 heavy (non-hydrogen) atoms. The number of carbonyl (C=O) groups is 2. The normalized spacial score (nSPS) is 14.4. The molecule has 0 bridgehead atoms. The Kier molecular flexibility index (Phi) is 8.64. The van der Waals surface area contributed by atoms with Crippen molar-refractivity contribution in [3.8, 4) is 0 Å². The molecule has 0 aliphatic heterocycles. The molecule has 2 N–H and O–H groups in total. The van der Waals surface area contributed by atoms with E-state index in [0.29, 0.717) is 31.3 Å². The third-order valence-electron chi connectivity index (χ3n) is 6.21. The molecule has 1 unspecified atom stereocenters. The van der Waals surface area contributed by atoms with Crippen LogP contribution in [0.4, 0.5) is 5.69 Å². The highest BCUT2D eigenvalue weighted by Crippen LogP contribution is 2.39. The van der Waals surface area contributed by atoms with Gasteiger partial charge in [-0.05, 0) is 57.1 Å². The molecule has 180 valence electrons. The Morgan fingerprint density at radius 1 is 1.15 bits per heavy atom. The van der Waals surface area contributed by atoms with Crippen LogP contribution in [0.1, 0.15) is 94.0 Å². The molecule has 1 aliphatic carbocycles. The Morgan fingerprint density at radius 3 is 2.55 bits per heavy atom. The second-order valence-electron chi connectivity index (χ2n) is 9.90. The number of benzene rings is 1. The third kappa shape index (κ3) is 7.41. The summed E-state index contributed by atoms with van der Waals surface area (Å²) in [7, 11) is 0. The topological polar surface area (TPSA) is 88.9 Å². The molecule has 3 rings (SSSR count). The van der Waals surface area contributed by atoms with Crippen LogP contribution < -0.4 is 10.6 Å². The summed E-state index contributed by atoms with van der Waals surface area (Å²) in [6.07, 6.45) is 6.39. The summed E-state index contributed by atoms with van der Waals surface area (Å²) >= 11 is 0. The molecule has 2 aromatic rings. The van der Waals surface area contributed by atoms with E-state index in [4.69, 9.17) is 0 Å². The van der Waals surface area contributed by atoms with Crippen molar-refractivity contribution < 1.29 is 9.59 Å². The highest BCUT2D eigenvalue weighted by atomic mass is 16.2. The van der Waals surface area contributed by atoms with Crippen molar-refractivity contribution >= 4 is 17.5 Å². The lowest BCUT2D eigenvalue weighted by Crippen LogP contribution is -2.25. The molecule has 1 heterocycles. The molecule has 1 atom stereocenters. The van der Waals surface area contributed by atoms with E-state index in [1.807, 2.05) is 26.0 Å². The van der Waals surface area contributed by atoms with E-state index >= 15 is 0 Å². The average Bonchev–Trinajstić information content (AvgIpc) is 3.48. The number of hydrogen-bond donors (Lipinski definition) is 2. The van der Waals surface area contributed by atoms with Crippen LogP contribution in [-0.2, 0) is 16.0 Å². The smallest absolute Gasteiger partial charge is 0.225 e. The number of hydrogen-bond acceptors (Lipinski definition) is 4. The van der Waals surface area contributed by atoms with Crippen molar-refractivity contribution in [1.82, 2.24) is 20.1 Å². The molecule has 0 saturated heterocycles. The maximum Gasteiger partial charge on any atom is 0.225 e. The summed E-state index contributed by atoms with van der Waals surface area (Å²) in [6, 6.07) is 6.46. The summed E-state index contributed by atoms with van der Waals surface area (Å²) in [4.78, 5) is 24.5. The van der Waals surface area contributed by atoms with Gasteiger partial charge in [0, 0.05) is 44.0 Å². The summed E-state index contributed by atoms with van der Waals surface area (Å²) in [6.45, 7) is 10.6. The van der Waals surface area contributed by atoms with Gasteiger partial charge in [0.05, 0.1) is 0 Å². The van der Waals surface area contributed by atoms with Crippen molar-refractivity contribution in [2.45, 2.75) is 91.5 Å². The zero-order valence-corrected chi connectivity index (χ0v) is 20.8. The number of amides is 2. The molecular formula is C26H39N5O2. The molecule has 0 spiro atoms. The third-order valence-corrected chi connectivity index (χ3v) is 6.21. The van der Waals surface area contributed by atoms with E-state index in [1.165, 1.54) is 12.5 Å². The van der Waals surface area contributed by atoms with Crippen molar-refractivity contribution in [2.75, 3.05) is 11.9 Å². The van der Waals surface area contributed by atoms with E-state index < -0.39 is 0 Å². The van der Waals surface area contributed by atoms with Gasteiger partial charge in [-0.25, -0.2) is 0 Å². The van der Waals surface area contributed by atoms with Gasteiger partial charge in [0.15, 0.2) is 0 Å². The SMILES string of the molecule is CC(=O)NCCC(CC(=O)Nc1ccc(C)cc1C)c1nnc(CCCC(C)C)n1C1CC1. The predicted octanol–water partition coefficient (Wildman–Crippen LogP) is 4.85. The van der Waals surface area contributed by atoms with Gasteiger partial charge in [0.25, 0.3) is 0 Å². The Labute approximate surface area is 197 Å². The fourth-order valence-electron chi connectivity index (χ4n) is 4.31. The van der Waals surface area contributed by atoms with Crippen molar-refractivity contribution in [2.24, 2.45) is 5.92 Å². The van der Waals surface area contributed by atoms with E-state index in [2.05, 4.69) is 45.3 Å². The Morgan fingerprint density at radius 2 is 1.91 bits per heavy atom. The van der Waals surface area contributed by atoms with Gasteiger partial charge >= 0.3 is 0 Å². The van der Waals surface area contributed by atoms with Gasteiger partial charge in [-0.15, -0.1) is 10.2 Å². The van der Waals surface area contributed by atoms with Crippen LogP contribution in [0.25, 0.3) is 0 Å². The molecule has 2 amide bonds. The monoisotopic (exact) mass is 453 g/mol. The Balaban J connectivity index is 1.77. The predicted molar refractivity (Wildman–Crippen MR) is 131 cm³/mol. The van der Waals surface area contributed by atoms with Gasteiger partial charge in [-0.3, -0.25) is 9.59 Å². The lowest BCUT2D eigenvalue weighted by Gasteiger charge is -2.19. The summed E-state index contributed by atoms with van der Waals surface area (Å²) in [5.74, 6) is 2.38. The minimum absolute atomic E-state index is 0.0403. The summed E-state index contributed by atoms with van der Waals surface area (Å²) in [5, 5.41) is 15.1. The van der Waals surface area contributed by atoms with E-state index in [-0.39, 0.29) is 17.7 Å². The number of nitrogens with one attached hydrogen (secondary N) is 2. The first kappa shape index (κ1) is 24.9. The maximum absolute atomic E-state index is 13.0. The highest BCUT2D eigenvalue weighted by Gasteiger charge is 2.32. The lowest BCUT2D eigenvalue weighted by molar-refractivity contribution is -0.119. The van der Waals surface area contributed by atoms with Gasteiger partial charge in [-0.1, -0.05) is 38.0 Å². The van der Waals surface area contributed by atoms with Crippen LogP contribution in [-0.4, -0.2) is 33.1 Å². The average molecular weight is 454 g/mol. The number of anilines is 1. The first-order chi connectivity index (χ1) is 15.7. The zero-order valence-electron chi connectivity index (χ0n) is 20.8. The molecule has 1 aromatic carbocycles. The molecule has 1 aliphatic rings. The largest absolute Gasteiger partial charge is 0.356 e. The number of nitrogens with zero attached hydrogens (tertiary/aromatic N) is 3. The molecule has 7 heteroatoms. The van der Waals surface area contributed by atoms with Gasteiger partial charge in [0.2, 0.25) is 11.8 Å². The molecule has 1 aromatic heterocycles. The van der Waals surface area contributed by atoms with Crippen LogP contribution in [0, 0.1) is 19.8 Å². The number of carbonyl (C=O) groups excluding carboxylic acids is 2. The van der Waals surface area contributed by atoms with E-state index in [9.17, 15) is 9.59 Å². The minimum Gasteiger partial charge on any atom is -0.356 e. The van der Waals surface area contributed by atoms with Gasteiger partial charge in [0.1, 0.15) is 11.6 Å². The highest BCUT2D eigenvalue weighted by molar-refractivity contribution is 5.92. The Bertz CT molecular complexity index is 962. The van der Waals surface area contributed by atoms with Crippen molar-refractivity contribution in [3.05, 3.63) is 41.0 Å². The number of rotatable bonds is 12. The van der Waals surface area contributed by atoms with E-state index in [1.54, 1.807) is 0 Å². The number of aromatic nitrogens is 3. The van der Waals surface area contributed by atoms with Crippen LogP contribution in [0.5, 0.6) is 0 Å². The van der Waals surface area contributed by atoms with E-state index in [0.717, 1.165) is 55.0 Å². The molecule has 1 saturated carbocycles. The standard InChI is InChI=1S/C26H39N5O2/c1-17(2)7-6-8-24-29-30-26(31(24)22-10-11-22)21(13-14-27-20(5)32)16-25(33)28-23-12-9-18(3)15-19(23)4/h9,12,15,17,21-22H,6-8,10-11,13-14,16H2,1-5H3,(H,27,32)(H,28,33). The van der Waals surface area contributed by atoms with Crippen molar-refractivity contribution in [1.29, 1.82) is 0 Å². The van der Waals surface area contributed by atoms with Gasteiger partial charge < -0.3 is 15.2 Å². The molecule has 0 radical (unpaired) electrons. The maximum atomic E-state index is 13.0.